The largest absolute Gasteiger partial charge is 0.491 e. The molecule has 0 fully saturated rings. The molecule has 0 saturated carbocycles. The Bertz CT molecular complexity index is 724. The molecule has 108 valence electrons. The van der Waals surface area contributed by atoms with E-state index in [2.05, 4.69) is 25.8 Å². The van der Waals surface area contributed by atoms with Crippen LogP contribution < -0.4 is 10.1 Å². The summed E-state index contributed by atoms with van der Waals surface area (Å²) in [4.78, 5) is 4.10. The molecule has 0 saturated heterocycles. The minimum Gasteiger partial charge on any atom is -0.491 e. The maximum Gasteiger partial charge on any atom is 0.199 e. The van der Waals surface area contributed by atoms with Crippen molar-refractivity contribution in [3.63, 3.8) is 0 Å². The number of hydrogen-bond donors (Lipinski definition) is 1. The summed E-state index contributed by atoms with van der Waals surface area (Å²) in [6, 6.07) is 8.07. The molecule has 0 amide bonds. The quantitative estimate of drug-likeness (QED) is 0.768. The number of anilines is 1. The second-order valence-corrected chi connectivity index (χ2v) is 4.91. The Labute approximate surface area is 122 Å². The van der Waals surface area contributed by atoms with Crippen LogP contribution >= 0.6 is 0 Å². The van der Waals surface area contributed by atoms with Gasteiger partial charge < -0.3 is 10.1 Å². The molecule has 0 radical (unpaired) electrons. The number of nitrogens with zero attached hydrogens (tertiary/aromatic N) is 5. The Hall–Kier alpha value is -2.70. The lowest BCUT2D eigenvalue weighted by molar-refractivity contribution is 0.303. The van der Waals surface area contributed by atoms with E-state index >= 15 is 0 Å². The van der Waals surface area contributed by atoms with Gasteiger partial charge in [0.15, 0.2) is 11.5 Å². The zero-order valence-electron chi connectivity index (χ0n) is 11.9. The highest BCUT2D eigenvalue weighted by Gasteiger charge is 2.08. The first-order chi connectivity index (χ1) is 10.2. The Morgan fingerprint density at radius 1 is 1.24 bits per heavy atom. The van der Waals surface area contributed by atoms with Crippen LogP contribution in [0.4, 0.5) is 5.82 Å². The zero-order chi connectivity index (χ0) is 14.7. The summed E-state index contributed by atoms with van der Waals surface area (Å²) in [5, 5.41) is 14.7. The van der Waals surface area contributed by atoms with Gasteiger partial charge in [0.1, 0.15) is 12.4 Å². The Kier molecular flexibility index (Phi) is 3.63. The second kappa shape index (κ2) is 5.74. The molecule has 2 aromatic heterocycles. The van der Waals surface area contributed by atoms with Crippen LogP contribution in [-0.4, -0.2) is 37.7 Å². The average Bonchev–Trinajstić information content (AvgIpc) is 2.96. The third-order valence-electron chi connectivity index (χ3n) is 3.02. The Morgan fingerprint density at radius 2 is 2.05 bits per heavy atom. The van der Waals surface area contributed by atoms with Crippen LogP contribution in [-0.2, 0) is 0 Å². The molecule has 3 aromatic rings. The summed E-state index contributed by atoms with van der Waals surface area (Å²) in [5.74, 6) is 1.59. The van der Waals surface area contributed by atoms with Crippen molar-refractivity contribution in [1.29, 1.82) is 0 Å². The van der Waals surface area contributed by atoms with Crippen LogP contribution in [0.15, 0.2) is 36.7 Å². The number of nitrogens with one attached hydrogen (secondary N) is 1. The summed E-state index contributed by atoms with van der Waals surface area (Å²) in [6.45, 7) is 4.60. The minimum atomic E-state index is 0.0860. The van der Waals surface area contributed by atoms with Crippen LogP contribution in [0.1, 0.15) is 12.5 Å². The standard InChI is InChI=1S/C14H16N6O/c1-10-3-5-12(6-4-10)21-9-11(2)16-13-7-15-8-14-17-18-19-20(13)14/h3-8,11,16H,9H2,1-2H3. The molecule has 0 aliphatic heterocycles. The third-order valence-corrected chi connectivity index (χ3v) is 3.02. The number of benzene rings is 1. The molecule has 0 aliphatic rings. The van der Waals surface area contributed by atoms with Gasteiger partial charge in [0.2, 0.25) is 0 Å². The summed E-state index contributed by atoms with van der Waals surface area (Å²) in [6.07, 6.45) is 3.30. The summed E-state index contributed by atoms with van der Waals surface area (Å²) < 4.78 is 7.35. The van der Waals surface area contributed by atoms with E-state index in [0.29, 0.717) is 12.3 Å². The van der Waals surface area contributed by atoms with Crippen molar-refractivity contribution in [2.24, 2.45) is 0 Å². The lowest BCUT2D eigenvalue weighted by Crippen LogP contribution is -2.25. The van der Waals surface area contributed by atoms with Gasteiger partial charge in [-0.05, 0) is 36.4 Å². The lowest BCUT2D eigenvalue weighted by atomic mass is 10.2. The normalized spacial score (nSPS) is 12.3. The molecule has 1 N–H and O–H groups in total. The first-order valence-electron chi connectivity index (χ1n) is 6.70. The van der Waals surface area contributed by atoms with Crippen LogP contribution in [0.2, 0.25) is 0 Å². The van der Waals surface area contributed by atoms with Crippen molar-refractivity contribution in [2.75, 3.05) is 11.9 Å². The number of aryl methyl sites for hydroxylation is 1. The first kappa shape index (κ1) is 13.3. The van der Waals surface area contributed by atoms with E-state index < -0.39 is 0 Å². The molecule has 0 spiro atoms. The van der Waals surface area contributed by atoms with Crippen molar-refractivity contribution in [3.05, 3.63) is 42.2 Å². The van der Waals surface area contributed by atoms with Crippen molar-refractivity contribution in [2.45, 2.75) is 19.9 Å². The Balaban J connectivity index is 1.62. The average molecular weight is 284 g/mol. The molecule has 0 aliphatic carbocycles. The van der Waals surface area contributed by atoms with Crippen molar-refractivity contribution >= 4 is 11.5 Å². The van der Waals surface area contributed by atoms with E-state index in [1.807, 2.05) is 38.1 Å². The monoisotopic (exact) mass is 284 g/mol. The second-order valence-electron chi connectivity index (χ2n) is 4.91. The summed E-state index contributed by atoms with van der Waals surface area (Å²) in [7, 11) is 0. The maximum absolute atomic E-state index is 5.74. The van der Waals surface area contributed by atoms with Crippen LogP contribution in [0, 0.1) is 6.92 Å². The van der Waals surface area contributed by atoms with E-state index in [9.17, 15) is 0 Å². The van der Waals surface area contributed by atoms with Gasteiger partial charge in [-0.1, -0.05) is 17.7 Å². The number of rotatable bonds is 5. The fourth-order valence-electron chi connectivity index (χ4n) is 1.92. The lowest BCUT2D eigenvalue weighted by Gasteiger charge is -2.16. The molecule has 7 heteroatoms. The van der Waals surface area contributed by atoms with E-state index in [0.717, 1.165) is 11.6 Å². The third kappa shape index (κ3) is 3.07. The molecule has 1 atom stereocenters. The van der Waals surface area contributed by atoms with Gasteiger partial charge in [0.05, 0.1) is 18.4 Å². The molecular weight excluding hydrogens is 268 g/mol. The molecule has 3 rings (SSSR count). The zero-order valence-corrected chi connectivity index (χ0v) is 11.9. The van der Waals surface area contributed by atoms with Gasteiger partial charge in [-0.25, -0.2) is 0 Å². The van der Waals surface area contributed by atoms with E-state index in [-0.39, 0.29) is 6.04 Å². The highest BCUT2D eigenvalue weighted by atomic mass is 16.5. The van der Waals surface area contributed by atoms with Crippen LogP contribution in [0.25, 0.3) is 5.65 Å². The molecular formula is C14H16N6O. The van der Waals surface area contributed by atoms with Gasteiger partial charge in [0, 0.05) is 0 Å². The number of tetrazole rings is 1. The van der Waals surface area contributed by atoms with Gasteiger partial charge >= 0.3 is 0 Å². The highest BCUT2D eigenvalue weighted by Crippen LogP contribution is 2.13. The van der Waals surface area contributed by atoms with Crippen molar-refractivity contribution in [1.82, 2.24) is 25.0 Å². The summed E-state index contributed by atoms with van der Waals surface area (Å²) in [5.41, 5.74) is 1.82. The van der Waals surface area contributed by atoms with Gasteiger partial charge in [-0.15, -0.1) is 5.10 Å². The number of hydrogen-bond acceptors (Lipinski definition) is 6. The SMILES string of the molecule is Cc1ccc(OCC(C)Nc2cncc3nnnn23)cc1. The van der Waals surface area contributed by atoms with E-state index in [4.69, 9.17) is 4.74 Å². The molecule has 7 nitrogen and oxygen atoms in total. The highest BCUT2D eigenvalue weighted by molar-refractivity contribution is 5.44. The number of fused-ring (bicyclic) bond motifs is 1. The van der Waals surface area contributed by atoms with Gasteiger partial charge in [-0.2, -0.15) is 4.52 Å². The number of aromatic nitrogens is 5. The van der Waals surface area contributed by atoms with Crippen molar-refractivity contribution < 1.29 is 4.74 Å². The minimum absolute atomic E-state index is 0.0860. The van der Waals surface area contributed by atoms with Gasteiger partial charge in [-0.3, -0.25) is 4.98 Å². The fraction of sp³-hybridized carbons (Fsp3) is 0.286. The van der Waals surface area contributed by atoms with E-state index in [1.165, 1.54) is 5.56 Å². The summed E-state index contributed by atoms with van der Waals surface area (Å²) >= 11 is 0. The Morgan fingerprint density at radius 3 is 2.86 bits per heavy atom. The fourth-order valence-corrected chi connectivity index (χ4v) is 1.92. The number of ether oxygens (including phenoxy) is 1. The molecule has 1 aromatic carbocycles. The predicted molar refractivity (Wildman–Crippen MR) is 78.3 cm³/mol. The molecule has 2 heterocycles. The first-order valence-corrected chi connectivity index (χ1v) is 6.70. The topological polar surface area (TPSA) is 77.2 Å². The van der Waals surface area contributed by atoms with Crippen LogP contribution in [0.5, 0.6) is 5.75 Å². The molecule has 1 unspecified atom stereocenters. The van der Waals surface area contributed by atoms with Crippen LogP contribution in [0.3, 0.4) is 0 Å². The van der Waals surface area contributed by atoms with Gasteiger partial charge in [0.25, 0.3) is 0 Å². The smallest absolute Gasteiger partial charge is 0.199 e. The molecule has 0 bridgehead atoms. The predicted octanol–water partition coefficient (Wildman–Crippen LogP) is 1.71. The van der Waals surface area contributed by atoms with Crippen molar-refractivity contribution in [3.8, 4) is 5.75 Å². The maximum atomic E-state index is 5.74. The van der Waals surface area contributed by atoms with E-state index in [1.54, 1.807) is 16.9 Å². The molecule has 21 heavy (non-hydrogen) atoms.